The zero-order chi connectivity index (χ0) is 20.8. The summed E-state index contributed by atoms with van der Waals surface area (Å²) in [6, 6.07) is 5.42. The van der Waals surface area contributed by atoms with Crippen LogP contribution in [0.15, 0.2) is 32.8 Å². The number of H-pyrrole nitrogens is 1. The lowest BCUT2D eigenvalue weighted by Gasteiger charge is -2.12. The van der Waals surface area contributed by atoms with Gasteiger partial charge in [0, 0.05) is 19.4 Å². The molecule has 1 aliphatic heterocycles. The number of aryl methyl sites for hydroxylation is 1. The third-order valence-corrected chi connectivity index (χ3v) is 4.83. The molecule has 156 valence electrons. The van der Waals surface area contributed by atoms with E-state index in [2.05, 4.69) is 9.98 Å². The van der Waals surface area contributed by atoms with Gasteiger partial charge in [-0.2, -0.15) is 0 Å². The van der Waals surface area contributed by atoms with Gasteiger partial charge in [0.05, 0.1) is 26.9 Å². The molecule has 1 aromatic carbocycles. The number of aliphatic imine (C=N–C) groups is 1. The van der Waals surface area contributed by atoms with Crippen molar-refractivity contribution in [2.24, 2.45) is 4.99 Å². The van der Waals surface area contributed by atoms with Gasteiger partial charge in [0.2, 0.25) is 5.88 Å². The van der Waals surface area contributed by atoms with Crippen LogP contribution in [0.4, 0.5) is 0 Å². The van der Waals surface area contributed by atoms with Crippen LogP contribution in [-0.2, 0) is 17.7 Å². The van der Waals surface area contributed by atoms with E-state index >= 15 is 0 Å². The number of hydrogen-bond donors (Lipinski definition) is 2. The number of nitrogens with one attached hydrogen (secondary N) is 1. The number of hydrogen-bond acceptors (Lipinski definition) is 7. The first kappa shape index (κ1) is 20.7. The van der Waals surface area contributed by atoms with Crippen LogP contribution in [0.25, 0.3) is 0 Å². The molecule has 0 radical (unpaired) electrons. The fraction of sp³-hybridized carbons (Fsp3) is 0.450. The van der Waals surface area contributed by atoms with Crippen molar-refractivity contribution in [3.05, 3.63) is 50.2 Å². The van der Waals surface area contributed by atoms with E-state index in [1.807, 2.05) is 6.07 Å². The van der Waals surface area contributed by atoms with Gasteiger partial charge in [-0.05, 0) is 37.0 Å². The van der Waals surface area contributed by atoms with E-state index in [1.54, 1.807) is 26.4 Å². The molecular weight excluding hydrogens is 378 g/mol. The number of nitrogens with zero attached hydrogens (tertiary/aromatic N) is 2. The van der Waals surface area contributed by atoms with Crippen LogP contribution in [0.2, 0.25) is 0 Å². The Morgan fingerprint density at radius 1 is 1.31 bits per heavy atom. The summed E-state index contributed by atoms with van der Waals surface area (Å²) in [6.45, 7) is 1.29. The number of aromatic nitrogens is 2. The maximum absolute atomic E-state index is 12.2. The van der Waals surface area contributed by atoms with Gasteiger partial charge in [-0.15, -0.1) is 0 Å². The second-order valence-electron chi connectivity index (χ2n) is 6.72. The van der Waals surface area contributed by atoms with Gasteiger partial charge in [0.15, 0.2) is 11.5 Å². The molecule has 0 unspecified atom stereocenters. The third kappa shape index (κ3) is 4.86. The molecule has 9 nitrogen and oxygen atoms in total. The largest absolute Gasteiger partial charge is 0.494 e. The third-order valence-electron chi connectivity index (χ3n) is 4.83. The summed E-state index contributed by atoms with van der Waals surface area (Å²) in [7, 11) is 3.10. The second kappa shape index (κ2) is 9.42. The van der Waals surface area contributed by atoms with Crippen molar-refractivity contribution in [2.75, 3.05) is 27.4 Å². The van der Waals surface area contributed by atoms with Crippen molar-refractivity contribution in [3.63, 3.8) is 0 Å². The lowest BCUT2D eigenvalue weighted by atomic mass is 10.1. The number of benzene rings is 1. The minimum absolute atomic E-state index is 0.0310. The van der Waals surface area contributed by atoms with E-state index in [9.17, 15) is 14.7 Å². The number of ether oxygens (including phenoxy) is 3. The molecule has 1 aliphatic rings. The lowest BCUT2D eigenvalue weighted by Crippen LogP contribution is -2.32. The van der Waals surface area contributed by atoms with Crippen LogP contribution < -0.4 is 20.7 Å². The molecule has 0 aliphatic carbocycles. The molecule has 9 heteroatoms. The first-order valence-corrected chi connectivity index (χ1v) is 9.42. The molecule has 1 aromatic heterocycles. The number of aromatic hydroxyl groups is 1. The Kier molecular flexibility index (Phi) is 6.71. The van der Waals surface area contributed by atoms with Gasteiger partial charge in [0.25, 0.3) is 5.56 Å². The summed E-state index contributed by atoms with van der Waals surface area (Å²) in [4.78, 5) is 30.7. The van der Waals surface area contributed by atoms with Crippen molar-refractivity contribution in [3.8, 4) is 17.4 Å². The van der Waals surface area contributed by atoms with Gasteiger partial charge in [-0.25, -0.2) is 4.79 Å². The Hall–Kier alpha value is -3.07. The van der Waals surface area contributed by atoms with E-state index in [-0.39, 0.29) is 18.2 Å². The predicted molar refractivity (Wildman–Crippen MR) is 108 cm³/mol. The van der Waals surface area contributed by atoms with E-state index in [0.717, 1.165) is 23.0 Å². The smallest absolute Gasteiger partial charge is 0.331 e. The minimum atomic E-state index is -0.677. The molecule has 0 amide bonds. The van der Waals surface area contributed by atoms with E-state index in [4.69, 9.17) is 14.2 Å². The second-order valence-corrected chi connectivity index (χ2v) is 6.72. The van der Waals surface area contributed by atoms with Gasteiger partial charge < -0.3 is 19.3 Å². The highest BCUT2D eigenvalue weighted by Gasteiger charge is 2.16. The molecule has 3 rings (SSSR count). The fourth-order valence-corrected chi connectivity index (χ4v) is 3.23. The standard InChI is InChI=1S/C20H25N3O6/c1-27-16-6-5-13(10-17(16)28-2)7-8-23-19(25)15(18(24)22-20(23)26)12-21-11-14-4-3-9-29-14/h5-6,10,12,14,25H,3-4,7-9,11H2,1-2H3,(H,22,24,26)/t14-/m0/s1. The van der Waals surface area contributed by atoms with Crippen LogP contribution >= 0.6 is 0 Å². The Morgan fingerprint density at radius 2 is 2.10 bits per heavy atom. The normalized spacial score (nSPS) is 16.4. The highest BCUT2D eigenvalue weighted by Crippen LogP contribution is 2.27. The van der Waals surface area contributed by atoms with Crippen LogP contribution in [-0.4, -0.2) is 54.3 Å². The number of aromatic amines is 1. The number of methoxy groups -OCH3 is 2. The molecule has 0 bridgehead atoms. The molecule has 1 fully saturated rings. The average molecular weight is 403 g/mol. The topological polar surface area (TPSA) is 115 Å². The van der Waals surface area contributed by atoms with Gasteiger partial charge in [-0.3, -0.25) is 19.3 Å². The first-order chi connectivity index (χ1) is 14.0. The maximum Gasteiger partial charge on any atom is 0.331 e. The van der Waals surface area contributed by atoms with Gasteiger partial charge in [0.1, 0.15) is 5.56 Å². The monoisotopic (exact) mass is 403 g/mol. The summed E-state index contributed by atoms with van der Waals surface area (Å²) in [5.74, 6) is 0.769. The van der Waals surface area contributed by atoms with Crippen molar-refractivity contribution in [1.29, 1.82) is 0 Å². The lowest BCUT2D eigenvalue weighted by molar-refractivity contribution is 0.118. The maximum atomic E-state index is 12.2. The van der Waals surface area contributed by atoms with Gasteiger partial charge >= 0.3 is 5.69 Å². The molecular formula is C20H25N3O6. The molecule has 0 spiro atoms. The van der Waals surface area contributed by atoms with E-state index < -0.39 is 17.1 Å². The fourth-order valence-electron chi connectivity index (χ4n) is 3.23. The highest BCUT2D eigenvalue weighted by atomic mass is 16.5. The zero-order valence-electron chi connectivity index (χ0n) is 16.5. The molecule has 29 heavy (non-hydrogen) atoms. The first-order valence-electron chi connectivity index (χ1n) is 9.42. The zero-order valence-corrected chi connectivity index (χ0v) is 16.5. The van der Waals surface area contributed by atoms with Crippen molar-refractivity contribution in [1.82, 2.24) is 9.55 Å². The Balaban J connectivity index is 1.77. The van der Waals surface area contributed by atoms with Crippen molar-refractivity contribution in [2.45, 2.75) is 31.9 Å². The van der Waals surface area contributed by atoms with Crippen LogP contribution in [0.1, 0.15) is 24.0 Å². The summed E-state index contributed by atoms with van der Waals surface area (Å²) < 4.78 is 17.1. The highest BCUT2D eigenvalue weighted by molar-refractivity contribution is 5.81. The Labute approximate surface area is 167 Å². The Bertz CT molecular complexity index is 989. The average Bonchev–Trinajstić information content (AvgIpc) is 3.23. The van der Waals surface area contributed by atoms with Crippen LogP contribution in [0.5, 0.6) is 17.4 Å². The van der Waals surface area contributed by atoms with Crippen LogP contribution in [0, 0.1) is 0 Å². The van der Waals surface area contributed by atoms with E-state index in [0.29, 0.717) is 31.1 Å². The molecule has 1 saturated heterocycles. The number of rotatable bonds is 8. The summed E-state index contributed by atoms with van der Waals surface area (Å²) in [6.07, 6.45) is 3.68. The SMILES string of the molecule is COc1ccc(CCn2c(O)c(C=NC[C@@H]3CCCO3)c(=O)[nH]c2=O)cc1OC. The quantitative estimate of drug-likeness (QED) is 0.638. The molecule has 2 aromatic rings. The molecule has 2 heterocycles. The molecule has 2 N–H and O–H groups in total. The van der Waals surface area contributed by atoms with Gasteiger partial charge in [-0.1, -0.05) is 6.07 Å². The summed E-state index contributed by atoms with van der Waals surface area (Å²) in [5, 5.41) is 10.5. The molecule has 1 atom stereocenters. The van der Waals surface area contributed by atoms with Crippen LogP contribution in [0.3, 0.4) is 0 Å². The minimum Gasteiger partial charge on any atom is -0.494 e. The Morgan fingerprint density at radius 3 is 2.79 bits per heavy atom. The molecule has 0 saturated carbocycles. The predicted octanol–water partition coefficient (Wildman–Crippen LogP) is 1.10. The summed E-state index contributed by atoms with van der Waals surface area (Å²) >= 11 is 0. The van der Waals surface area contributed by atoms with Crippen molar-refractivity contribution >= 4 is 6.21 Å². The summed E-state index contributed by atoms with van der Waals surface area (Å²) in [5.41, 5.74) is -0.515. The van der Waals surface area contributed by atoms with Crippen molar-refractivity contribution < 1.29 is 19.3 Å². The van der Waals surface area contributed by atoms with E-state index in [1.165, 1.54) is 6.21 Å².